The van der Waals surface area contributed by atoms with Gasteiger partial charge >= 0.3 is 0 Å². The summed E-state index contributed by atoms with van der Waals surface area (Å²) >= 11 is 1.12. The molecule has 108 valence electrons. The minimum absolute atomic E-state index is 0.103. The molecule has 0 saturated heterocycles. The van der Waals surface area contributed by atoms with Crippen LogP contribution in [-0.4, -0.2) is 25.6 Å². The molecule has 1 fully saturated rings. The number of sulfone groups is 1. The quantitative estimate of drug-likeness (QED) is 0.789. The van der Waals surface area contributed by atoms with Crippen molar-refractivity contribution in [2.75, 3.05) is 23.9 Å². The van der Waals surface area contributed by atoms with Gasteiger partial charge in [-0.1, -0.05) is 25.7 Å². The molecule has 0 radical (unpaired) electrons. The van der Waals surface area contributed by atoms with Gasteiger partial charge in [0.2, 0.25) is 0 Å². The highest BCUT2D eigenvalue weighted by molar-refractivity contribution is 7.91. The monoisotopic (exact) mass is 303 g/mol. The normalized spacial score (nSPS) is 16.9. The molecule has 0 amide bonds. The molecular formula is C12H21N3O2S2. The van der Waals surface area contributed by atoms with Gasteiger partial charge in [0.05, 0.1) is 0 Å². The molecule has 0 atom stereocenters. The molecule has 0 unspecified atom stereocenters. The number of rotatable bonds is 6. The van der Waals surface area contributed by atoms with Crippen LogP contribution >= 0.6 is 11.5 Å². The Kier molecular flexibility index (Phi) is 4.67. The summed E-state index contributed by atoms with van der Waals surface area (Å²) in [5, 5.41) is 3.74. The minimum Gasteiger partial charge on any atom is -0.382 e. The average Bonchev–Trinajstić information content (AvgIpc) is 2.93. The van der Waals surface area contributed by atoms with Crippen LogP contribution < -0.4 is 11.1 Å². The van der Waals surface area contributed by atoms with Gasteiger partial charge in [0, 0.05) is 12.8 Å². The molecule has 1 aliphatic carbocycles. The molecule has 0 aliphatic heterocycles. The first kappa shape index (κ1) is 14.6. The topological polar surface area (TPSA) is 85.1 Å². The van der Waals surface area contributed by atoms with Crippen molar-refractivity contribution in [3.63, 3.8) is 0 Å². The van der Waals surface area contributed by atoms with Gasteiger partial charge in [0.15, 0.2) is 15.7 Å². The van der Waals surface area contributed by atoms with Crippen molar-refractivity contribution in [3.8, 4) is 0 Å². The predicted molar refractivity (Wildman–Crippen MR) is 79.3 cm³/mol. The second-order valence-corrected chi connectivity index (χ2v) is 7.94. The third kappa shape index (κ3) is 3.82. The first-order chi connectivity index (χ1) is 8.98. The summed E-state index contributed by atoms with van der Waals surface area (Å²) < 4.78 is 27.2. The fourth-order valence-corrected chi connectivity index (χ4v) is 4.75. The van der Waals surface area contributed by atoms with Crippen molar-refractivity contribution in [2.24, 2.45) is 5.92 Å². The number of nitrogens with two attached hydrogens (primary N) is 1. The van der Waals surface area contributed by atoms with Crippen LogP contribution in [0.4, 0.5) is 10.8 Å². The van der Waals surface area contributed by atoms with Crippen molar-refractivity contribution >= 4 is 32.2 Å². The maximum Gasteiger partial charge on any atom is 0.182 e. The van der Waals surface area contributed by atoms with Crippen LogP contribution in [0.3, 0.4) is 0 Å². The highest BCUT2D eigenvalue weighted by Crippen LogP contribution is 2.32. The van der Waals surface area contributed by atoms with Crippen molar-refractivity contribution in [2.45, 2.75) is 43.4 Å². The zero-order valence-electron chi connectivity index (χ0n) is 11.2. The van der Waals surface area contributed by atoms with E-state index in [0.717, 1.165) is 36.7 Å². The molecular weight excluding hydrogens is 282 g/mol. The lowest BCUT2D eigenvalue weighted by atomic mass is 10.0. The molecule has 1 aromatic rings. The highest BCUT2D eigenvalue weighted by atomic mass is 32.2. The van der Waals surface area contributed by atoms with Crippen molar-refractivity contribution < 1.29 is 8.42 Å². The van der Waals surface area contributed by atoms with Gasteiger partial charge in [-0.05, 0) is 30.3 Å². The second-order valence-electron chi connectivity index (χ2n) is 5.22. The second kappa shape index (κ2) is 6.09. The van der Waals surface area contributed by atoms with Crippen LogP contribution in [0, 0.1) is 5.92 Å². The van der Waals surface area contributed by atoms with E-state index >= 15 is 0 Å². The van der Waals surface area contributed by atoms with E-state index in [1.165, 1.54) is 32.1 Å². The molecule has 19 heavy (non-hydrogen) atoms. The van der Waals surface area contributed by atoms with Crippen molar-refractivity contribution in [3.05, 3.63) is 0 Å². The third-order valence-corrected chi connectivity index (χ3v) is 5.70. The molecule has 1 heterocycles. The summed E-state index contributed by atoms with van der Waals surface area (Å²) in [6.45, 7) is 0.778. The number of nitrogen functional groups attached to an aromatic ring is 1. The Morgan fingerprint density at radius 1 is 1.42 bits per heavy atom. The maximum atomic E-state index is 11.6. The number of anilines is 2. The van der Waals surface area contributed by atoms with Crippen LogP contribution in [0.15, 0.2) is 4.90 Å². The Hall–Kier alpha value is -0.820. The van der Waals surface area contributed by atoms with Gasteiger partial charge in [-0.15, -0.1) is 0 Å². The SMILES string of the molecule is CS(=O)(=O)c1c(N)nsc1NCCCC1CCCC1. The fourth-order valence-electron chi connectivity index (χ4n) is 2.66. The van der Waals surface area contributed by atoms with Crippen molar-refractivity contribution in [1.82, 2.24) is 4.37 Å². The number of nitrogens with zero attached hydrogens (tertiary/aromatic N) is 1. The average molecular weight is 303 g/mol. The first-order valence-corrected chi connectivity index (χ1v) is 9.34. The summed E-state index contributed by atoms with van der Waals surface area (Å²) in [5.74, 6) is 0.966. The molecule has 1 aliphatic rings. The summed E-state index contributed by atoms with van der Waals surface area (Å²) in [7, 11) is -3.31. The van der Waals surface area contributed by atoms with E-state index < -0.39 is 9.84 Å². The van der Waals surface area contributed by atoms with Crippen molar-refractivity contribution in [1.29, 1.82) is 0 Å². The largest absolute Gasteiger partial charge is 0.382 e. The van der Waals surface area contributed by atoms with Crippen LogP contribution in [0.1, 0.15) is 38.5 Å². The Bertz CT molecular complexity index is 519. The van der Waals surface area contributed by atoms with Gasteiger partial charge in [0.1, 0.15) is 9.90 Å². The van der Waals surface area contributed by atoms with E-state index in [-0.39, 0.29) is 10.7 Å². The number of hydrogen-bond donors (Lipinski definition) is 2. The molecule has 3 N–H and O–H groups in total. The Morgan fingerprint density at radius 3 is 2.74 bits per heavy atom. The molecule has 1 aromatic heterocycles. The third-order valence-electron chi connectivity index (χ3n) is 3.59. The molecule has 1 saturated carbocycles. The Labute approximate surface area is 118 Å². The maximum absolute atomic E-state index is 11.6. The van der Waals surface area contributed by atoms with E-state index in [1.807, 2.05) is 0 Å². The lowest BCUT2D eigenvalue weighted by Crippen LogP contribution is -2.07. The van der Waals surface area contributed by atoms with Gasteiger partial charge in [-0.25, -0.2) is 8.42 Å². The Morgan fingerprint density at radius 2 is 2.11 bits per heavy atom. The van der Waals surface area contributed by atoms with E-state index in [0.29, 0.717) is 5.00 Å². The summed E-state index contributed by atoms with van der Waals surface area (Å²) in [6, 6.07) is 0. The van der Waals surface area contributed by atoms with Gasteiger partial charge in [-0.2, -0.15) is 4.37 Å². The fraction of sp³-hybridized carbons (Fsp3) is 0.750. The number of aromatic nitrogens is 1. The first-order valence-electron chi connectivity index (χ1n) is 6.67. The number of nitrogens with one attached hydrogen (secondary N) is 1. The molecule has 0 aromatic carbocycles. The zero-order chi connectivity index (χ0) is 13.9. The highest BCUT2D eigenvalue weighted by Gasteiger charge is 2.21. The van der Waals surface area contributed by atoms with Crippen LogP contribution in [-0.2, 0) is 9.84 Å². The van der Waals surface area contributed by atoms with Gasteiger partial charge in [0.25, 0.3) is 0 Å². The molecule has 7 heteroatoms. The standard InChI is InChI=1S/C12H21N3O2S2/c1-19(16,17)10-11(13)15-18-12(10)14-8-4-7-9-5-2-3-6-9/h9,14H,2-8H2,1H3,(H2,13,15). The Balaban J connectivity index is 1.86. The summed E-state index contributed by atoms with van der Waals surface area (Å²) in [4.78, 5) is 0.151. The molecule has 2 rings (SSSR count). The van der Waals surface area contributed by atoms with Crippen LogP contribution in [0.2, 0.25) is 0 Å². The molecule has 5 nitrogen and oxygen atoms in total. The molecule has 0 bridgehead atoms. The summed E-state index contributed by atoms with van der Waals surface area (Å²) in [6.07, 6.45) is 8.87. The van der Waals surface area contributed by atoms with Gasteiger partial charge in [-0.3, -0.25) is 0 Å². The van der Waals surface area contributed by atoms with Crippen LogP contribution in [0.5, 0.6) is 0 Å². The van der Waals surface area contributed by atoms with E-state index in [2.05, 4.69) is 9.69 Å². The van der Waals surface area contributed by atoms with Crippen LogP contribution in [0.25, 0.3) is 0 Å². The lowest BCUT2D eigenvalue weighted by Gasteiger charge is -2.09. The molecule has 0 spiro atoms. The predicted octanol–water partition coefficient (Wildman–Crippen LogP) is 2.51. The lowest BCUT2D eigenvalue weighted by molar-refractivity contribution is 0.491. The van der Waals surface area contributed by atoms with E-state index in [4.69, 9.17) is 5.73 Å². The van der Waals surface area contributed by atoms with Gasteiger partial charge < -0.3 is 11.1 Å². The minimum atomic E-state index is -3.31. The number of hydrogen-bond acceptors (Lipinski definition) is 6. The van der Waals surface area contributed by atoms with E-state index in [9.17, 15) is 8.42 Å². The smallest absolute Gasteiger partial charge is 0.182 e. The van der Waals surface area contributed by atoms with E-state index in [1.54, 1.807) is 0 Å². The zero-order valence-corrected chi connectivity index (χ0v) is 12.8. The summed E-state index contributed by atoms with van der Waals surface area (Å²) in [5.41, 5.74) is 5.61.